The van der Waals surface area contributed by atoms with Gasteiger partial charge in [-0.15, -0.1) is 0 Å². The molecule has 88 valence electrons. The minimum Gasteiger partial charge on any atom is -0.492 e. The number of piperidine rings is 1. The first kappa shape index (κ1) is 11.5. The van der Waals surface area contributed by atoms with E-state index in [0.717, 1.165) is 24.9 Å². The Morgan fingerprint density at radius 2 is 2.06 bits per heavy atom. The van der Waals surface area contributed by atoms with Crippen molar-refractivity contribution < 1.29 is 4.74 Å². The lowest BCUT2D eigenvalue weighted by Gasteiger charge is -2.33. The lowest BCUT2D eigenvalue weighted by molar-refractivity contribution is 0.133. The highest BCUT2D eigenvalue weighted by molar-refractivity contribution is 5.20. The third kappa shape index (κ3) is 3.24. The molecule has 1 saturated heterocycles. The number of hydrogen-bond donors (Lipinski definition) is 0. The molecule has 0 saturated carbocycles. The van der Waals surface area contributed by atoms with Gasteiger partial charge in [0, 0.05) is 12.6 Å². The van der Waals surface area contributed by atoms with Crippen molar-refractivity contribution in [1.82, 2.24) is 4.90 Å². The van der Waals surface area contributed by atoms with Crippen molar-refractivity contribution in [3.05, 3.63) is 30.3 Å². The summed E-state index contributed by atoms with van der Waals surface area (Å²) in [4.78, 5) is 2.53. The fourth-order valence-electron chi connectivity index (χ4n) is 2.29. The van der Waals surface area contributed by atoms with Gasteiger partial charge in [0.15, 0.2) is 0 Å². The van der Waals surface area contributed by atoms with Gasteiger partial charge in [0.1, 0.15) is 12.4 Å². The Morgan fingerprint density at radius 3 is 2.81 bits per heavy atom. The number of hydrogen-bond acceptors (Lipinski definition) is 2. The normalized spacial score (nSPS) is 21.9. The summed E-state index contributed by atoms with van der Waals surface area (Å²) >= 11 is 0. The molecule has 0 spiro atoms. The summed E-state index contributed by atoms with van der Waals surface area (Å²) in [6, 6.07) is 10.8. The minimum atomic E-state index is 0.730. The third-order valence-electron chi connectivity index (χ3n) is 3.33. The van der Waals surface area contributed by atoms with Gasteiger partial charge in [-0.05, 0) is 38.4 Å². The Morgan fingerprint density at radius 1 is 1.25 bits per heavy atom. The summed E-state index contributed by atoms with van der Waals surface area (Å²) in [5.41, 5.74) is 0. The Balaban J connectivity index is 1.71. The quantitative estimate of drug-likeness (QED) is 0.772. The predicted octanol–water partition coefficient (Wildman–Crippen LogP) is 2.94. The van der Waals surface area contributed by atoms with Gasteiger partial charge in [0.05, 0.1) is 0 Å². The molecule has 1 aromatic carbocycles. The number of likely N-dealkylation sites (tertiary alicyclic amines) is 1. The topological polar surface area (TPSA) is 12.5 Å². The van der Waals surface area contributed by atoms with E-state index in [0.29, 0.717) is 0 Å². The van der Waals surface area contributed by atoms with Crippen LogP contribution in [0.2, 0.25) is 0 Å². The van der Waals surface area contributed by atoms with Crippen LogP contribution in [0.25, 0.3) is 0 Å². The monoisotopic (exact) mass is 219 g/mol. The van der Waals surface area contributed by atoms with E-state index in [1.165, 1.54) is 25.8 Å². The van der Waals surface area contributed by atoms with E-state index in [1.54, 1.807) is 0 Å². The van der Waals surface area contributed by atoms with Crippen LogP contribution < -0.4 is 4.74 Å². The summed E-state index contributed by atoms with van der Waals surface area (Å²) in [5.74, 6) is 0.979. The minimum absolute atomic E-state index is 0.730. The molecule has 0 bridgehead atoms. The first-order chi connectivity index (χ1) is 7.86. The first-order valence-corrected chi connectivity index (χ1v) is 6.28. The highest BCUT2D eigenvalue weighted by atomic mass is 16.5. The molecule has 0 aliphatic carbocycles. The summed E-state index contributed by atoms with van der Waals surface area (Å²) in [5, 5.41) is 0. The molecule has 1 aliphatic rings. The van der Waals surface area contributed by atoms with Crippen molar-refractivity contribution in [3.8, 4) is 5.75 Å². The Kier molecular flexibility index (Phi) is 4.23. The summed E-state index contributed by atoms with van der Waals surface area (Å²) < 4.78 is 5.72. The van der Waals surface area contributed by atoms with Crippen molar-refractivity contribution in [3.63, 3.8) is 0 Å². The van der Waals surface area contributed by atoms with Crippen molar-refractivity contribution in [1.29, 1.82) is 0 Å². The van der Waals surface area contributed by atoms with E-state index in [9.17, 15) is 0 Å². The van der Waals surface area contributed by atoms with Gasteiger partial charge in [0.25, 0.3) is 0 Å². The van der Waals surface area contributed by atoms with Crippen molar-refractivity contribution >= 4 is 0 Å². The lowest BCUT2D eigenvalue weighted by Crippen LogP contribution is -2.39. The van der Waals surface area contributed by atoms with Crippen LogP contribution in [-0.4, -0.2) is 30.6 Å². The van der Waals surface area contributed by atoms with Crippen molar-refractivity contribution in [2.24, 2.45) is 0 Å². The molecule has 0 N–H and O–H groups in total. The van der Waals surface area contributed by atoms with E-state index in [1.807, 2.05) is 30.3 Å². The van der Waals surface area contributed by atoms with Gasteiger partial charge in [0.2, 0.25) is 0 Å². The number of benzene rings is 1. The van der Waals surface area contributed by atoms with Gasteiger partial charge in [-0.1, -0.05) is 24.6 Å². The molecule has 1 aliphatic heterocycles. The zero-order valence-electron chi connectivity index (χ0n) is 10.1. The van der Waals surface area contributed by atoms with E-state index >= 15 is 0 Å². The van der Waals surface area contributed by atoms with E-state index in [4.69, 9.17) is 4.74 Å². The number of rotatable bonds is 4. The summed E-state index contributed by atoms with van der Waals surface area (Å²) in [6.07, 6.45) is 4.07. The van der Waals surface area contributed by atoms with Crippen LogP contribution in [0.15, 0.2) is 30.3 Å². The lowest BCUT2D eigenvalue weighted by atomic mass is 10.0. The van der Waals surface area contributed by atoms with E-state index in [2.05, 4.69) is 11.8 Å². The molecule has 1 aromatic rings. The Labute approximate surface area is 98.2 Å². The van der Waals surface area contributed by atoms with E-state index < -0.39 is 0 Å². The van der Waals surface area contributed by atoms with Crippen LogP contribution in [0, 0.1) is 0 Å². The summed E-state index contributed by atoms with van der Waals surface area (Å²) in [7, 11) is 0. The number of para-hydroxylation sites is 1. The third-order valence-corrected chi connectivity index (χ3v) is 3.33. The number of ether oxygens (including phenoxy) is 1. The highest BCUT2D eigenvalue weighted by Crippen LogP contribution is 2.16. The van der Waals surface area contributed by atoms with Crippen LogP contribution in [-0.2, 0) is 0 Å². The Bertz CT molecular complexity index is 299. The van der Waals surface area contributed by atoms with Crippen LogP contribution in [0.1, 0.15) is 26.2 Å². The van der Waals surface area contributed by atoms with Crippen LogP contribution >= 0.6 is 0 Å². The standard InChI is InChI=1S/C14H21NO/c1-13-7-5-6-10-15(13)11-12-16-14-8-3-2-4-9-14/h2-4,8-9,13H,5-7,10-12H2,1H3. The van der Waals surface area contributed by atoms with Gasteiger partial charge in [-0.2, -0.15) is 0 Å². The Hall–Kier alpha value is -1.02. The highest BCUT2D eigenvalue weighted by Gasteiger charge is 2.17. The molecule has 2 heteroatoms. The SMILES string of the molecule is CC1CCCCN1CCOc1ccccc1. The molecule has 2 rings (SSSR count). The fraction of sp³-hybridized carbons (Fsp3) is 0.571. The van der Waals surface area contributed by atoms with Crippen molar-refractivity contribution in [2.75, 3.05) is 19.7 Å². The second kappa shape index (κ2) is 5.90. The van der Waals surface area contributed by atoms with Crippen molar-refractivity contribution in [2.45, 2.75) is 32.2 Å². The van der Waals surface area contributed by atoms with Gasteiger partial charge in [-0.25, -0.2) is 0 Å². The molecule has 0 amide bonds. The molecular weight excluding hydrogens is 198 g/mol. The molecular formula is C14H21NO. The maximum Gasteiger partial charge on any atom is 0.119 e. The molecule has 1 unspecified atom stereocenters. The zero-order valence-corrected chi connectivity index (χ0v) is 10.1. The first-order valence-electron chi connectivity index (χ1n) is 6.28. The smallest absolute Gasteiger partial charge is 0.119 e. The second-order valence-corrected chi connectivity index (χ2v) is 4.54. The molecule has 0 aromatic heterocycles. The second-order valence-electron chi connectivity index (χ2n) is 4.54. The molecule has 0 radical (unpaired) electrons. The molecule has 1 heterocycles. The molecule has 16 heavy (non-hydrogen) atoms. The largest absolute Gasteiger partial charge is 0.492 e. The molecule has 2 nitrogen and oxygen atoms in total. The van der Waals surface area contributed by atoms with E-state index in [-0.39, 0.29) is 0 Å². The van der Waals surface area contributed by atoms with Gasteiger partial charge >= 0.3 is 0 Å². The van der Waals surface area contributed by atoms with Crippen LogP contribution in [0.5, 0.6) is 5.75 Å². The zero-order chi connectivity index (χ0) is 11.2. The fourth-order valence-corrected chi connectivity index (χ4v) is 2.29. The number of nitrogens with zero attached hydrogens (tertiary/aromatic N) is 1. The van der Waals surface area contributed by atoms with Crippen LogP contribution in [0.3, 0.4) is 0 Å². The maximum absolute atomic E-state index is 5.72. The average molecular weight is 219 g/mol. The average Bonchev–Trinajstić information content (AvgIpc) is 2.33. The van der Waals surface area contributed by atoms with Crippen LogP contribution in [0.4, 0.5) is 0 Å². The van der Waals surface area contributed by atoms with Gasteiger partial charge < -0.3 is 4.74 Å². The predicted molar refractivity (Wildman–Crippen MR) is 66.8 cm³/mol. The van der Waals surface area contributed by atoms with Gasteiger partial charge in [-0.3, -0.25) is 4.90 Å². The molecule has 1 atom stereocenters. The maximum atomic E-state index is 5.72. The summed E-state index contributed by atoms with van der Waals surface area (Å²) in [6.45, 7) is 5.41. The molecule has 1 fully saturated rings.